The molecule has 0 N–H and O–H groups in total. The van der Waals surface area contributed by atoms with Gasteiger partial charge >= 0.3 is 0 Å². The molecule has 17 heavy (non-hydrogen) atoms. The molecule has 6 heteroatoms. The molecule has 4 nitrogen and oxygen atoms in total. The Hall–Kier alpha value is -0.840. The Labute approximate surface area is 109 Å². The predicted molar refractivity (Wildman–Crippen MR) is 65.6 cm³/mol. The Morgan fingerprint density at radius 2 is 2.41 bits per heavy atom. The van der Waals surface area contributed by atoms with E-state index in [9.17, 15) is 4.79 Å². The summed E-state index contributed by atoms with van der Waals surface area (Å²) in [6.45, 7) is 1.58. The zero-order valence-corrected chi connectivity index (χ0v) is 10.6. The maximum atomic E-state index is 12.1. The topological polar surface area (TPSA) is 42.4 Å². The lowest BCUT2D eigenvalue weighted by molar-refractivity contribution is -0.0110. The lowest BCUT2D eigenvalue weighted by atomic mass is 10.2. The van der Waals surface area contributed by atoms with Crippen molar-refractivity contribution in [3.05, 3.63) is 29.0 Å². The highest BCUT2D eigenvalue weighted by Crippen LogP contribution is 2.12. The van der Waals surface area contributed by atoms with Crippen molar-refractivity contribution in [3.63, 3.8) is 0 Å². The van der Waals surface area contributed by atoms with Crippen LogP contribution in [0.1, 0.15) is 10.5 Å². The van der Waals surface area contributed by atoms with E-state index in [2.05, 4.69) is 4.98 Å². The van der Waals surface area contributed by atoms with E-state index >= 15 is 0 Å². The molecular formula is C11H12Cl2N2O2. The van der Waals surface area contributed by atoms with Crippen molar-refractivity contribution in [1.82, 2.24) is 9.88 Å². The van der Waals surface area contributed by atoms with Crippen LogP contribution in [-0.2, 0) is 4.74 Å². The van der Waals surface area contributed by atoms with E-state index in [-0.39, 0.29) is 12.0 Å². The van der Waals surface area contributed by atoms with Crippen LogP contribution in [0.5, 0.6) is 0 Å². The van der Waals surface area contributed by atoms with Crippen LogP contribution in [0.15, 0.2) is 18.3 Å². The van der Waals surface area contributed by atoms with E-state index in [1.807, 2.05) is 0 Å². The van der Waals surface area contributed by atoms with E-state index in [0.717, 1.165) is 0 Å². The van der Waals surface area contributed by atoms with Crippen molar-refractivity contribution in [1.29, 1.82) is 0 Å². The Bertz CT molecular complexity index is 397. The molecule has 1 saturated heterocycles. The molecular weight excluding hydrogens is 263 g/mol. The fourth-order valence-electron chi connectivity index (χ4n) is 1.66. The molecule has 0 saturated carbocycles. The van der Waals surface area contributed by atoms with Crippen molar-refractivity contribution in [2.24, 2.45) is 0 Å². The largest absolute Gasteiger partial charge is 0.373 e. The van der Waals surface area contributed by atoms with Crippen LogP contribution in [0, 0.1) is 0 Å². The maximum absolute atomic E-state index is 12.1. The van der Waals surface area contributed by atoms with Crippen LogP contribution in [0.4, 0.5) is 0 Å². The Morgan fingerprint density at radius 1 is 1.59 bits per heavy atom. The Balaban J connectivity index is 2.06. The summed E-state index contributed by atoms with van der Waals surface area (Å²) in [5, 5.41) is 0.516. The summed E-state index contributed by atoms with van der Waals surface area (Å²) in [4.78, 5) is 17.8. The number of amides is 1. The maximum Gasteiger partial charge on any atom is 0.272 e. The minimum absolute atomic E-state index is 0.0957. The van der Waals surface area contributed by atoms with Gasteiger partial charge in [-0.05, 0) is 12.1 Å². The van der Waals surface area contributed by atoms with Crippen molar-refractivity contribution in [3.8, 4) is 0 Å². The number of carbonyl (C=O) groups is 1. The molecule has 1 atom stereocenters. The summed E-state index contributed by atoms with van der Waals surface area (Å²) in [5.74, 6) is 0.276. The number of rotatable bonds is 2. The summed E-state index contributed by atoms with van der Waals surface area (Å²) >= 11 is 11.4. The van der Waals surface area contributed by atoms with E-state index < -0.39 is 0 Å². The molecule has 1 aromatic rings. The van der Waals surface area contributed by atoms with Crippen molar-refractivity contribution >= 4 is 29.1 Å². The van der Waals surface area contributed by atoms with E-state index in [0.29, 0.717) is 36.3 Å². The summed E-state index contributed by atoms with van der Waals surface area (Å²) in [6, 6.07) is 3.27. The van der Waals surface area contributed by atoms with Crippen LogP contribution < -0.4 is 0 Å². The molecule has 0 radical (unpaired) electrons. The highest BCUT2D eigenvalue weighted by molar-refractivity contribution is 6.30. The number of pyridine rings is 1. The molecule has 0 spiro atoms. The van der Waals surface area contributed by atoms with Crippen LogP contribution >= 0.6 is 23.2 Å². The first-order valence-corrected chi connectivity index (χ1v) is 6.20. The summed E-state index contributed by atoms with van der Waals surface area (Å²) in [7, 11) is 0. The molecule has 92 valence electrons. The van der Waals surface area contributed by atoms with Crippen molar-refractivity contribution in [2.75, 3.05) is 25.6 Å². The van der Waals surface area contributed by atoms with Gasteiger partial charge in [-0.3, -0.25) is 4.79 Å². The number of nitrogens with zero attached hydrogens (tertiary/aromatic N) is 2. The van der Waals surface area contributed by atoms with Gasteiger partial charge in [-0.25, -0.2) is 4.98 Å². The second kappa shape index (κ2) is 5.67. The highest BCUT2D eigenvalue weighted by atomic mass is 35.5. The van der Waals surface area contributed by atoms with Crippen LogP contribution in [0.3, 0.4) is 0 Å². The number of carbonyl (C=O) groups excluding carboxylic acids is 1. The van der Waals surface area contributed by atoms with Crippen LogP contribution in [0.25, 0.3) is 0 Å². The first-order valence-electron chi connectivity index (χ1n) is 5.29. The fourth-order valence-corrected chi connectivity index (χ4v) is 1.96. The van der Waals surface area contributed by atoms with Gasteiger partial charge in [0, 0.05) is 19.3 Å². The molecule has 0 bridgehead atoms. The van der Waals surface area contributed by atoms with E-state index in [1.54, 1.807) is 17.0 Å². The summed E-state index contributed by atoms with van der Waals surface area (Å²) in [5.41, 5.74) is 0.393. The van der Waals surface area contributed by atoms with Gasteiger partial charge in [-0.15, -0.1) is 11.6 Å². The standard InChI is InChI=1S/C11H12Cl2N2O2/c12-5-9-7-15(3-4-17-9)11(16)10-2-1-8(13)6-14-10/h1-2,6,9H,3-5,7H2. The number of alkyl halides is 1. The molecule has 1 aliphatic heterocycles. The third kappa shape index (κ3) is 3.09. The Morgan fingerprint density at radius 3 is 3.06 bits per heavy atom. The number of morpholine rings is 1. The summed E-state index contributed by atoms with van der Waals surface area (Å²) in [6.07, 6.45) is 1.37. The van der Waals surface area contributed by atoms with Gasteiger partial charge in [0.25, 0.3) is 5.91 Å². The quantitative estimate of drug-likeness (QED) is 0.773. The van der Waals surface area contributed by atoms with Crippen molar-refractivity contribution in [2.45, 2.75) is 6.10 Å². The smallest absolute Gasteiger partial charge is 0.272 e. The third-order valence-corrected chi connectivity index (χ3v) is 3.11. The molecule has 1 fully saturated rings. The van der Waals surface area contributed by atoms with E-state index in [1.165, 1.54) is 6.20 Å². The van der Waals surface area contributed by atoms with Gasteiger partial charge in [0.15, 0.2) is 0 Å². The zero-order valence-electron chi connectivity index (χ0n) is 9.10. The fraction of sp³-hybridized carbons (Fsp3) is 0.455. The SMILES string of the molecule is O=C(c1ccc(Cl)cn1)N1CCOC(CCl)C1. The normalized spacial score (nSPS) is 20.4. The number of halogens is 2. The molecule has 1 amide bonds. The molecule has 2 rings (SSSR count). The van der Waals surface area contributed by atoms with Crippen molar-refractivity contribution < 1.29 is 9.53 Å². The molecule has 1 aliphatic rings. The number of ether oxygens (including phenoxy) is 1. The van der Waals surface area contributed by atoms with Gasteiger partial charge in [-0.2, -0.15) is 0 Å². The van der Waals surface area contributed by atoms with Gasteiger partial charge in [0.05, 0.1) is 23.6 Å². The van der Waals surface area contributed by atoms with E-state index in [4.69, 9.17) is 27.9 Å². The summed E-state index contributed by atoms with van der Waals surface area (Å²) < 4.78 is 5.40. The zero-order chi connectivity index (χ0) is 12.3. The van der Waals surface area contributed by atoms with Gasteiger partial charge in [-0.1, -0.05) is 11.6 Å². The minimum Gasteiger partial charge on any atom is -0.373 e. The molecule has 0 aromatic carbocycles. The average Bonchev–Trinajstić information content (AvgIpc) is 2.39. The van der Waals surface area contributed by atoms with Gasteiger partial charge in [0.2, 0.25) is 0 Å². The predicted octanol–water partition coefficient (Wildman–Crippen LogP) is 1.81. The van der Waals surface area contributed by atoms with Crippen LogP contribution in [-0.4, -0.2) is 47.5 Å². The average molecular weight is 275 g/mol. The molecule has 1 unspecified atom stereocenters. The second-order valence-corrected chi connectivity index (χ2v) is 4.50. The minimum atomic E-state index is -0.111. The number of hydrogen-bond acceptors (Lipinski definition) is 3. The molecule has 1 aromatic heterocycles. The number of aromatic nitrogens is 1. The monoisotopic (exact) mass is 274 g/mol. The number of hydrogen-bond donors (Lipinski definition) is 0. The first kappa shape index (κ1) is 12.6. The van der Waals surface area contributed by atoms with Gasteiger partial charge in [0.1, 0.15) is 5.69 Å². The molecule has 2 heterocycles. The molecule has 0 aliphatic carbocycles. The van der Waals surface area contributed by atoms with Crippen LogP contribution in [0.2, 0.25) is 5.02 Å². The lowest BCUT2D eigenvalue weighted by Gasteiger charge is -2.31. The first-order chi connectivity index (χ1) is 8.20. The lowest BCUT2D eigenvalue weighted by Crippen LogP contribution is -2.46. The Kier molecular flexibility index (Phi) is 4.20. The third-order valence-electron chi connectivity index (χ3n) is 2.54. The van der Waals surface area contributed by atoms with Gasteiger partial charge < -0.3 is 9.64 Å². The highest BCUT2D eigenvalue weighted by Gasteiger charge is 2.24. The second-order valence-electron chi connectivity index (χ2n) is 3.76.